The molecule has 4 N–H and O–H groups in total. The Morgan fingerprint density at radius 2 is 2.33 bits per heavy atom. The number of hydrogen-bond donors (Lipinski definition) is 4. The first-order valence-corrected chi connectivity index (χ1v) is 4.37. The van der Waals surface area contributed by atoms with Gasteiger partial charge in [0.1, 0.15) is 0 Å². The van der Waals surface area contributed by atoms with Crippen molar-refractivity contribution in [2.45, 2.75) is 13.3 Å². The van der Waals surface area contributed by atoms with E-state index in [0.29, 0.717) is 0 Å². The molecule has 0 saturated heterocycles. The van der Waals surface area contributed by atoms with Crippen LogP contribution in [0.1, 0.15) is 19.3 Å². The first-order chi connectivity index (χ1) is 9.12. The van der Waals surface area contributed by atoms with Crippen molar-refractivity contribution in [2.24, 2.45) is 0 Å². The van der Waals surface area contributed by atoms with Crippen LogP contribution in [0.3, 0.4) is 0 Å². The van der Waals surface area contributed by atoms with E-state index in [1.165, 1.54) is 19.1 Å². The van der Waals surface area contributed by atoms with E-state index in [2.05, 4.69) is 10.6 Å². The highest BCUT2D eigenvalue weighted by molar-refractivity contribution is 5.95. The van der Waals surface area contributed by atoms with Crippen molar-refractivity contribution in [3.8, 4) is 0 Å². The lowest BCUT2D eigenvalue weighted by atomic mass is 10.1. The van der Waals surface area contributed by atoms with Crippen molar-refractivity contribution in [2.75, 3.05) is 6.50 Å². The maximum atomic E-state index is 7.77. The Hall–Kier alpha value is -1.84. The Bertz CT molecular complexity index is 544. The molecule has 0 bridgehead atoms. The summed E-state index contributed by atoms with van der Waals surface area (Å²) in [4.78, 5) is 0. The van der Waals surface area contributed by atoms with Gasteiger partial charge in [-0.2, -0.15) is 0 Å². The zero-order chi connectivity index (χ0) is 15.5. The topological polar surface area (TPSA) is 71.8 Å². The quantitative estimate of drug-likeness (QED) is 0.448. The number of guanidine groups is 1. The van der Waals surface area contributed by atoms with Crippen molar-refractivity contribution in [1.29, 1.82) is 10.8 Å². The lowest BCUT2D eigenvalue weighted by Gasteiger charge is -2.08. The molecule has 0 heterocycles. The summed E-state index contributed by atoms with van der Waals surface area (Å²) < 4.78 is 38.2. The maximum Gasteiger partial charge on any atom is 0.193 e. The fourth-order valence-electron chi connectivity index (χ4n) is 0.892. The van der Waals surface area contributed by atoms with Gasteiger partial charge < -0.3 is 10.6 Å². The minimum atomic E-state index is -2.01. The van der Waals surface area contributed by atoms with Crippen molar-refractivity contribution < 1.29 is 6.85 Å². The van der Waals surface area contributed by atoms with Crippen molar-refractivity contribution in [3.63, 3.8) is 0 Å². The van der Waals surface area contributed by atoms with Gasteiger partial charge in [0, 0.05) is 9.24 Å². The average Bonchev–Trinajstić information content (AvgIpc) is 2.28. The molecule has 0 spiro atoms. The van der Waals surface area contributed by atoms with Crippen LogP contribution in [0.15, 0.2) is 30.3 Å². The monoisotopic (exact) mass is 209 g/mol. The van der Waals surface area contributed by atoms with Crippen LogP contribution in [0, 0.1) is 10.8 Å². The molecule has 1 rings (SSSR count). The van der Waals surface area contributed by atoms with Gasteiger partial charge in [-0.05, 0) is 18.9 Å². The highest BCUT2D eigenvalue weighted by Gasteiger charge is 1.95. The second-order valence-corrected chi connectivity index (χ2v) is 2.86. The molecule has 0 atom stereocenters. The second kappa shape index (κ2) is 5.80. The lowest BCUT2D eigenvalue weighted by Crippen LogP contribution is -2.39. The molecule has 0 saturated carbocycles. The molecular formula is C11H16N4. The molecule has 0 amide bonds. The van der Waals surface area contributed by atoms with Crippen LogP contribution in [0.25, 0.3) is 0 Å². The number of nitrogens with one attached hydrogen (secondary N) is 4. The second-order valence-electron chi connectivity index (χ2n) is 2.86. The summed E-state index contributed by atoms with van der Waals surface area (Å²) in [5, 5.41) is 19.2. The van der Waals surface area contributed by atoms with Crippen LogP contribution in [0.4, 0.5) is 0 Å². The molecule has 0 aliphatic rings. The third-order valence-corrected chi connectivity index (χ3v) is 1.47. The number of benzene rings is 1. The predicted molar refractivity (Wildman–Crippen MR) is 62.4 cm³/mol. The Labute approximate surface area is 96.8 Å². The standard InChI is InChI=1S/C11H16N4/c1-9(12)15-11(13)14-8-7-10-5-3-2-4-6-10/h2-6H,7-8H2,1H3,(H4,12,13,14,15)/i2D,3D,5D,8D2. The average molecular weight is 209 g/mol. The van der Waals surface area contributed by atoms with E-state index < -0.39 is 6.50 Å². The van der Waals surface area contributed by atoms with E-state index in [4.69, 9.17) is 17.7 Å². The minimum Gasteiger partial charge on any atom is -0.356 e. The molecule has 4 heteroatoms. The molecule has 0 aliphatic heterocycles. The van der Waals surface area contributed by atoms with Crippen LogP contribution in [-0.2, 0) is 6.42 Å². The van der Waals surface area contributed by atoms with Crippen LogP contribution in [0.5, 0.6) is 0 Å². The molecule has 1 aromatic rings. The lowest BCUT2D eigenvalue weighted by molar-refractivity contribution is 0.842. The number of hydrogen-bond acceptors (Lipinski definition) is 2. The molecular weight excluding hydrogens is 188 g/mol. The van der Waals surface area contributed by atoms with E-state index in [0.717, 1.165) is 0 Å². The van der Waals surface area contributed by atoms with Crippen LogP contribution in [0.2, 0.25) is 0 Å². The van der Waals surface area contributed by atoms with Crippen LogP contribution < -0.4 is 10.6 Å². The van der Waals surface area contributed by atoms with Gasteiger partial charge in [0.25, 0.3) is 0 Å². The largest absolute Gasteiger partial charge is 0.356 e. The van der Waals surface area contributed by atoms with Crippen molar-refractivity contribution in [1.82, 2.24) is 10.6 Å². The Morgan fingerprint density at radius 3 is 3.07 bits per heavy atom. The van der Waals surface area contributed by atoms with Crippen LogP contribution >= 0.6 is 0 Å². The molecule has 0 aromatic heterocycles. The molecule has 15 heavy (non-hydrogen) atoms. The first kappa shape index (κ1) is 5.90. The Morgan fingerprint density at radius 1 is 1.53 bits per heavy atom. The summed E-state index contributed by atoms with van der Waals surface area (Å²) in [6, 6.07) is 2.26. The molecule has 1 aromatic carbocycles. The zero-order valence-electron chi connectivity index (χ0n) is 13.4. The molecule has 0 fully saturated rings. The number of amidine groups is 1. The first-order valence-electron chi connectivity index (χ1n) is 6.87. The van der Waals surface area contributed by atoms with E-state index in [-0.39, 0.29) is 41.9 Å². The summed E-state index contributed by atoms with van der Waals surface area (Å²) >= 11 is 0. The van der Waals surface area contributed by atoms with Gasteiger partial charge in [-0.25, -0.2) is 0 Å². The van der Waals surface area contributed by atoms with E-state index >= 15 is 0 Å². The normalized spacial score (nSPS) is 15.1. The predicted octanol–water partition coefficient (Wildman–Crippen LogP) is 1.34. The van der Waals surface area contributed by atoms with Crippen molar-refractivity contribution in [3.05, 3.63) is 35.8 Å². The van der Waals surface area contributed by atoms with Gasteiger partial charge in [-0.1, -0.05) is 30.3 Å². The molecule has 4 nitrogen and oxygen atoms in total. The Kier molecular flexibility index (Phi) is 2.28. The van der Waals surface area contributed by atoms with Gasteiger partial charge in [0.2, 0.25) is 0 Å². The minimum absolute atomic E-state index is 0.00600. The van der Waals surface area contributed by atoms with E-state index in [1.54, 1.807) is 0 Å². The highest BCUT2D eigenvalue weighted by atomic mass is 15.1. The highest BCUT2D eigenvalue weighted by Crippen LogP contribution is 1.97. The van der Waals surface area contributed by atoms with Gasteiger partial charge in [0.15, 0.2) is 5.96 Å². The van der Waals surface area contributed by atoms with Gasteiger partial charge in [-0.3, -0.25) is 10.8 Å². The smallest absolute Gasteiger partial charge is 0.193 e. The molecule has 0 aliphatic carbocycles. The summed E-state index contributed by atoms with van der Waals surface area (Å²) in [7, 11) is 0. The van der Waals surface area contributed by atoms with Gasteiger partial charge >= 0.3 is 0 Å². The van der Waals surface area contributed by atoms with E-state index in [9.17, 15) is 0 Å². The summed E-state index contributed by atoms with van der Waals surface area (Å²) in [6.07, 6.45) is -0.223. The molecule has 0 unspecified atom stereocenters. The molecule has 80 valence electrons. The molecule has 0 radical (unpaired) electrons. The van der Waals surface area contributed by atoms with Gasteiger partial charge in [-0.15, -0.1) is 0 Å². The van der Waals surface area contributed by atoms with Crippen molar-refractivity contribution >= 4 is 11.8 Å². The maximum absolute atomic E-state index is 7.77. The SMILES string of the molecule is [2H]c1ccc(CC([2H])([2H])NC(=N)NC(C)=N)c([2H])c1[2H]. The fraction of sp³-hybridized carbons (Fsp3) is 0.273. The Balaban J connectivity index is 2.83. The fourth-order valence-corrected chi connectivity index (χ4v) is 0.892. The third kappa shape index (κ3) is 4.81. The number of rotatable bonds is 3. The third-order valence-electron chi connectivity index (χ3n) is 1.47. The summed E-state index contributed by atoms with van der Waals surface area (Å²) in [5.74, 6) is -0.344. The van der Waals surface area contributed by atoms with E-state index in [1.807, 2.05) is 0 Å². The van der Waals surface area contributed by atoms with Gasteiger partial charge in [0.05, 0.1) is 9.95 Å². The zero-order valence-corrected chi connectivity index (χ0v) is 8.36. The van der Waals surface area contributed by atoms with Crippen LogP contribution in [-0.4, -0.2) is 18.3 Å². The summed E-state index contributed by atoms with van der Waals surface area (Å²) in [5.41, 5.74) is 0.280. The number of aryl methyl sites for hydroxylation is 1. The summed E-state index contributed by atoms with van der Waals surface area (Å²) in [6.45, 7) is -0.585.